The molecule has 2 N–H and O–H groups in total. The Balaban J connectivity index is 4.73. The van der Waals surface area contributed by atoms with Crippen LogP contribution in [0.2, 0.25) is 0 Å². The largest absolute Gasteiger partial charge is 0.472 e. The molecule has 0 spiro atoms. The van der Waals surface area contributed by atoms with Gasteiger partial charge in [0.1, 0.15) is 12.7 Å². The Morgan fingerprint density at radius 2 is 0.619 bits per heavy atom. The van der Waals surface area contributed by atoms with Gasteiger partial charge in [-0.3, -0.25) is 23.4 Å². The molecule has 0 fully saturated rings. The summed E-state index contributed by atoms with van der Waals surface area (Å²) in [5.74, 6) is -1.49. The van der Waals surface area contributed by atoms with Crippen LogP contribution in [0.5, 0.6) is 0 Å². The van der Waals surface area contributed by atoms with Crippen LogP contribution >= 0.6 is 7.82 Å². The van der Waals surface area contributed by atoms with E-state index in [0.717, 1.165) is 148 Å². The lowest BCUT2D eigenvalue weighted by Gasteiger charge is -2.21. The maximum Gasteiger partial charge on any atom is 0.472 e. The first-order valence-corrected chi connectivity index (χ1v) is 35.3. The first-order valence-electron chi connectivity index (χ1n) is 33.8. The zero-order chi connectivity index (χ0) is 61.2. The monoisotopic (exact) mass is 1190 g/mol. The van der Waals surface area contributed by atoms with E-state index >= 15 is 0 Å². The number of ether oxygens (including phenoxy) is 3. The summed E-state index contributed by atoms with van der Waals surface area (Å²) in [6.45, 7) is 4.42. The summed E-state index contributed by atoms with van der Waals surface area (Å²) in [6.07, 6.45) is 80.3. The van der Waals surface area contributed by atoms with E-state index in [4.69, 9.17) is 23.3 Å². The molecule has 3 atom stereocenters. The molecule has 0 rings (SSSR count). The van der Waals surface area contributed by atoms with Crippen LogP contribution in [0.4, 0.5) is 0 Å². The molecule has 84 heavy (non-hydrogen) atoms. The fraction of sp³-hybridized carbons (Fsp3) is 0.708. The van der Waals surface area contributed by atoms with Crippen molar-refractivity contribution in [1.29, 1.82) is 0 Å². The molecule has 0 aliphatic heterocycles. The molecule has 12 heteroatoms. The summed E-state index contributed by atoms with van der Waals surface area (Å²) in [5, 5.41) is 9.87. The van der Waals surface area contributed by atoms with E-state index in [0.29, 0.717) is 19.3 Å². The van der Waals surface area contributed by atoms with E-state index in [9.17, 15) is 28.9 Å². The smallest absolute Gasteiger partial charge is 0.462 e. The number of phosphoric acid groups is 1. The van der Waals surface area contributed by atoms with E-state index in [-0.39, 0.29) is 25.9 Å². The molecule has 0 aromatic carbocycles. The van der Waals surface area contributed by atoms with Crippen LogP contribution in [0.15, 0.2) is 109 Å². The second-order valence-corrected chi connectivity index (χ2v) is 23.7. The number of carbonyl (C=O) groups excluding carboxylic acids is 3. The molecule has 0 amide bonds. The van der Waals surface area contributed by atoms with Crippen LogP contribution in [0.25, 0.3) is 0 Å². The van der Waals surface area contributed by atoms with Crippen molar-refractivity contribution in [3.05, 3.63) is 109 Å². The molecular formula is C72H123O11P. The van der Waals surface area contributed by atoms with Gasteiger partial charge in [-0.2, -0.15) is 0 Å². The van der Waals surface area contributed by atoms with Crippen LogP contribution in [-0.2, 0) is 42.2 Å². The fourth-order valence-corrected chi connectivity index (χ4v) is 9.88. The van der Waals surface area contributed by atoms with Gasteiger partial charge in [0.05, 0.1) is 19.8 Å². The number of aliphatic hydroxyl groups is 1. The topological polar surface area (TPSA) is 155 Å². The molecule has 0 aliphatic carbocycles. The van der Waals surface area contributed by atoms with Crippen LogP contribution in [0.3, 0.4) is 0 Å². The lowest BCUT2D eigenvalue weighted by Crippen LogP contribution is -2.30. The van der Waals surface area contributed by atoms with E-state index < -0.39 is 57.8 Å². The van der Waals surface area contributed by atoms with Crippen LogP contribution in [0.1, 0.15) is 290 Å². The Labute approximate surface area is 514 Å². The lowest BCUT2D eigenvalue weighted by atomic mass is 10.1. The first-order chi connectivity index (χ1) is 41.2. The van der Waals surface area contributed by atoms with Gasteiger partial charge in [0.15, 0.2) is 6.10 Å². The molecule has 0 aliphatic rings. The summed E-state index contributed by atoms with van der Waals surface area (Å²) in [4.78, 5) is 48.9. The van der Waals surface area contributed by atoms with E-state index in [1.807, 2.05) is 0 Å². The van der Waals surface area contributed by atoms with Crippen molar-refractivity contribution in [1.82, 2.24) is 0 Å². The maximum atomic E-state index is 13.0. The highest BCUT2D eigenvalue weighted by molar-refractivity contribution is 7.47. The SMILES string of the molecule is CC/C=C\C/C=C\C/C=C\C/C=C\CCCCCCCCC(=O)OC(CO)COP(=O)(O)OCC(COC(=O)CCCCCCCCCCC/C=C\CCCCCCCC)OC(=O)CCCCCCCC/C=C\C/C=C\C/C=C\C/C=C\CC. The highest BCUT2D eigenvalue weighted by Gasteiger charge is 2.28. The fourth-order valence-electron chi connectivity index (χ4n) is 9.10. The third-order valence-electron chi connectivity index (χ3n) is 14.2. The molecule has 0 aromatic heterocycles. The third kappa shape index (κ3) is 62.7. The van der Waals surface area contributed by atoms with Gasteiger partial charge in [-0.1, -0.05) is 259 Å². The average molecular weight is 1200 g/mol. The number of aliphatic hydroxyl groups excluding tert-OH is 1. The predicted octanol–water partition coefficient (Wildman–Crippen LogP) is 20.9. The molecule has 0 bridgehead atoms. The van der Waals surface area contributed by atoms with Crippen molar-refractivity contribution >= 4 is 25.7 Å². The number of esters is 3. The molecule has 0 aromatic rings. The molecule has 3 unspecified atom stereocenters. The van der Waals surface area contributed by atoms with Crippen molar-refractivity contribution in [3.8, 4) is 0 Å². The minimum atomic E-state index is -4.77. The van der Waals surface area contributed by atoms with Gasteiger partial charge in [0, 0.05) is 19.3 Å². The molecular weight excluding hydrogens is 1070 g/mol. The minimum absolute atomic E-state index is 0.146. The van der Waals surface area contributed by atoms with Crippen LogP contribution in [0, 0.1) is 0 Å². The van der Waals surface area contributed by atoms with Gasteiger partial charge in [-0.05, 0) is 122 Å². The third-order valence-corrected chi connectivity index (χ3v) is 15.1. The van der Waals surface area contributed by atoms with Gasteiger partial charge < -0.3 is 24.2 Å². The van der Waals surface area contributed by atoms with Gasteiger partial charge in [0.25, 0.3) is 0 Å². The number of rotatable bonds is 62. The molecule has 0 saturated carbocycles. The summed E-state index contributed by atoms with van der Waals surface area (Å²) in [7, 11) is -4.77. The number of hydrogen-bond donors (Lipinski definition) is 2. The maximum absolute atomic E-state index is 13.0. The summed E-state index contributed by atoms with van der Waals surface area (Å²) in [6, 6.07) is 0. The van der Waals surface area contributed by atoms with Crippen molar-refractivity contribution in [2.75, 3.05) is 26.4 Å². The van der Waals surface area contributed by atoms with Gasteiger partial charge >= 0.3 is 25.7 Å². The summed E-state index contributed by atoms with van der Waals surface area (Å²) >= 11 is 0. The van der Waals surface area contributed by atoms with Gasteiger partial charge in [-0.15, -0.1) is 0 Å². The van der Waals surface area contributed by atoms with Crippen LogP contribution in [-0.4, -0.2) is 66.5 Å². The Kier molecular flexibility index (Phi) is 62.1. The number of carbonyl (C=O) groups is 3. The van der Waals surface area contributed by atoms with Crippen molar-refractivity contribution in [3.63, 3.8) is 0 Å². The summed E-state index contributed by atoms with van der Waals surface area (Å²) in [5.41, 5.74) is 0. The standard InChI is InChI=1S/C72H123O11P/c1-4-7-10-13-16-19-22-25-28-31-34-37-40-43-46-49-52-55-58-61-70(74)79-65-69(83-72(76)63-60-57-54-51-48-45-42-39-36-33-30-27-24-21-18-15-12-9-6-3)67-81-84(77,78)80-66-68(64-73)82-71(75)62-59-56-53-50-47-44-41-38-35-32-29-26-23-20-17-14-11-8-5-2/h8-9,11-12,17-18,20-21,25-30,35-36,38-39,68-69,73H,4-7,10,13-16,19,22-24,31-34,37,40-67H2,1-3H3,(H,77,78)/b11-8-,12-9-,20-17-,21-18-,28-25-,29-26-,30-27-,38-35-,39-36-. The average Bonchev–Trinajstić information content (AvgIpc) is 3.54. The van der Waals surface area contributed by atoms with E-state index in [2.05, 4.69) is 130 Å². The van der Waals surface area contributed by atoms with E-state index in [1.165, 1.54) is 83.5 Å². The summed E-state index contributed by atoms with van der Waals surface area (Å²) < 4.78 is 39.8. The number of hydrogen-bond acceptors (Lipinski definition) is 10. The van der Waals surface area contributed by atoms with E-state index in [1.54, 1.807) is 0 Å². The van der Waals surface area contributed by atoms with Crippen molar-refractivity contribution in [2.24, 2.45) is 0 Å². The number of allylic oxidation sites excluding steroid dienone is 18. The zero-order valence-corrected chi connectivity index (χ0v) is 54.5. The Morgan fingerprint density at radius 1 is 0.345 bits per heavy atom. The molecule has 0 radical (unpaired) electrons. The molecule has 0 heterocycles. The predicted molar refractivity (Wildman–Crippen MR) is 353 cm³/mol. The first kappa shape index (κ1) is 80.1. The Hall–Kier alpha value is -3.86. The highest BCUT2D eigenvalue weighted by atomic mass is 31.2. The van der Waals surface area contributed by atoms with Gasteiger partial charge in [-0.25, -0.2) is 4.57 Å². The zero-order valence-electron chi connectivity index (χ0n) is 53.6. The normalized spacial score (nSPS) is 13.9. The number of unbranched alkanes of at least 4 members (excludes halogenated alkanes) is 27. The van der Waals surface area contributed by atoms with Gasteiger partial charge in [0.2, 0.25) is 0 Å². The van der Waals surface area contributed by atoms with Crippen molar-refractivity contribution < 1.29 is 52.2 Å². The Bertz CT molecular complexity index is 1830. The second-order valence-electron chi connectivity index (χ2n) is 22.2. The molecule has 11 nitrogen and oxygen atoms in total. The molecule has 0 saturated heterocycles. The molecule has 482 valence electrons. The Morgan fingerprint density at radius 3 is 0.964 bits per heavy atom. The highest BCUT2D eigenvalue weighted by Crippen LogP contribution is 2.43. The second kappa shape index (κ2) is 65.1. The van der Waals surface area contributed by atoms with Crippen molar-refractivity contribution in [2.45, 2.75) is 303 Å². The van der Waals surface area contributed by atoms with Crippen LogP contribution < -0.4 is 0 Å². The quantitative estimate of drug-likeness (QED) is 0.0197. The number of phosphoric ester groups is 1. The minimum Gasteiger partial charge on any atom is -0.462 e. The lowest BCUT2D eigenvalue weighted by molar-refractivity contribution is -0.161.